The molecule has 2 amide bonds. The number of carbonyl (C=O) groups is 2. The van der Waals surface area contributed by atoms with Crippen molar-refractivity contribution < 1.29 is 14.0 Å². The minimum Gasteiger partial charge on any atom is -0.440 e. The van der Waals surface area contributed by atoms with E-state index in [-0.39, 0.29) is 23.7 Å². The van der Waals surface area contributed by atoms with Gasteiger partial charge in [0.25, 0.3) is 0 Å². The third-order valence-corrected chi connectivity index (χ3v) is 5.47. The maximum Gasteiger partial charge on any atom is 0.246 e. The van der Waals surface area contributed by atoms with Crippen molar-refractivity contribution in [3.05, 3.63) is 41.8 Å². The molecule has 3 heterocycles. The molecule has 0 aliphatic carbocycles. The first-order valence-electron chi connectivity index (χ1n) is 8.81. The van der Waals surface area contributed by atoms with Crippen LogP contribution in [-0.4, -0.2) is 52.8 Å². The van der Waals surface area contributed by atoms with Crippen LogP contribution in [0.4, 0.5) is 0 Å². The van der Waals surface area contributed by atoms with Crippen LogP contribution in [0.5, 0.6) is 0 Å². The first kappa shape index (κ1) is 17.1. The molecule has 2 saturated heterocycles. The summed E-state index contributed by atoms with van der Waals surface area (Å²) in [6, 6.07) is 5.42. The molecule has 2 aliphatic rings. The average Bonchev–Trinajstić information content (AvgIpc) is 3.03. The van der Waals surface area contributed by atoms with Gasteiger partial charge >= 0.3 is 0 Å². The molecule has 6 nitrogen and oxygen atoms in total. The fraction of sp³-hybridized carbons (Fsp3) is 0.421. The largest absolute Gasteiger partial charge is 0.440 e. The summed E-state index contributed by atoms with van der Waals surface area (Å²) in [4.78, 5) is 32.2. The van der Waals surface area contributed by atoms with Crippen molar-refractivity contribution >= 4 is 34.5 Å². The van der Waals surface area contributed by atoms with Gasteiger partial charge in [-0.3, -0.25) is 9.59 Å². The van der Waals surface area contributed by atoms with E-state index in [4.69, 9.17) is 16.0 Å². The molecule has 7 heteroatoms. The SMILES string of the molecule is C=CC(=O)N1CC(C(=O)N2CCC(c3nc4cc(Cl)ccc4o3)CC2)C1. The normalized spacial score (nSPS) is 18.8. The van der Waals surface area contributed by atoms with E-state index in [0.29, 0.717) is 31.2 Å². The molecule has 0 radical (unpaired) electrons. The topological polar surface area (TPSA) is 66.7 Å². The molecule has 0 atom stereocenters. The Bertz CT molecular complexity index is 864. The van der Waals surface area contributed by atoms with Crippen molar-refractivity contribution in [2.45, 2.75) is 18.8 Å². The molecule has 1 aromatic heterocycles. The molecule has 2 aliphatic heterocycles. The lowest BCUT2D eigenvalue weighted by molar-refractivity contribution is -0.147. The lowest BCUT2D eigenvalue weighted by Crippen LogP contribution is -2.56. The van der Waals surface area contributed by atoms with Gasteiger partial charge in [-0.15, -0.1) is 0 Å². The Balaban J connectivity index is 1.34. The zero-order valence-electron chi connectivity index (χ0n) is 14.4. The van der Waals surface area contributed by atoms with Gasteiger partial charge in [0, 0.05) is 37.1 Å². The molecule has 26 heavy (non-hydrogen) atoms. The number of carbonyl (C=O) groups excluding carboxylic acids is 2. The Hall–Kier alpha value is -2.34. The lowest BCUT2D eigenvalue weighted by Gasteiger charge is -2.41. The van der Waals surface area contributed by atoms with Crippen LogP contribution in [0, 0.1) is 5.92 Å². The molecule has 2 aromatic rings. The van der Waals surface area contributed by atoms with E-state index in [9.17, 15) is 9.59 Å². The fourth-order valence-corrected chi connectivity index (χ4v) is 3.81. The zero-order valence-corrected chi connectivity index (χ0v) is 15.1. The number of rotatable bonds is 3. The van der Waals surface area contributed by atoms with Crippen LogP contribution in [0.25, 0.3) is 11.1 Å². The highest BCUT2D eigenvalue weighted by Crippen LogP contribution is 2.31. The third-order valence-electron chi connectivity index (χ3n) is 5.24. The van der Waals surface area contributed by atoms with Crippen LogP contribution in [0.3, 0.4) is 0 Å². The minimum absolute atomic E-state index is 0.0816. The van der Waals surface area contributed by atoms with E-state index >= 15 is 0 Å². The van der Waals surface area contributed by atoms with Crippen molar-refractivity contribution in [3.63, 3.8) is 0 Å². The number of piperidine rings is 1. The first-order chi connectivity index (χ1) is 12.5. The second-order valence-corrected chi connectivity index (χ2v) is 7.34. The molecule has 0 N–H and O–H groups in total. The third kappa shape index (κ3) is 3.09. The molecular formula is C19H20ClN3O3. The van der Waals surface area contributed by atoms with Gasteiger partial charge in [0.05, 0.1) is 5.92 Å². The van der Waals surface area contributed by atoms with Crippen LogP contribution in [-0.2, 0) is 9.59 Å². The van der Waals surface area contributed by atoms with Crippen molar-refractivity contribution in [2.24, 2.45) is 5.92 Å². The van der Waals surface area contributed by atoms with E-state index in [1.165, 1.54) is 6.08 Å². The van der Waals surface area contributed by atoms with Crippen LogP contribution in [0.1, 0.15) is 24.7 Å². The number of aromatic nitrogens is 1. The Morgan fingerprint density at radius 2 is 1.96 bits per heavy atom. The minimum atomic E-state index is -0.108. The highest BCUT2D eigenvalue weighted by molar-refractivity contribution is 6.31. The second-order valence-electron chi connectivity index (χ2n) is 6.91. The van der Waals surface area contributed by atoms with Gasteiger partial charge in [0.15, 0.2) is 11.5 Å². The summed E-state index contributed by atoms with van der Waals surface area (Å²) in [5, 5.41) is 0.641. The zero-order chi connectivity index (χ0) is 18.3. The van der Waals surface area contributed by atoms with E-state index in [2.05, 4.69) is 11.6 Å². The van der Waals surface area contributed by atoms with Gasteiger partial charge in [0.2, 0.25) is 11.8 Å². The van der Waals surface area contributed by atoms with E-state index in [1.54, 1.807) is 17.0 Å². The van der Waals surface area contributed by atoms with Crippen LogP contribution in [0.2, 0.25) is 5.02 Å². The first-order valence-corrected chi connectivity index (χ1v) is 9.19. The van der Waals surface area contributed by atoms with Crippen LogP contribution in [0.15, 0.2) is 35.3 Å². The molecule has 0 spiro atoms. The molecule has 4 rings (SSSR count). The molecule has 1 aromatic carbocycles. The Labute approximate surface area is 156 Å². The van der Waals surface area contributed by atoms with E-state index < -0.39 is 0 Å². The van der Waals surface area contributed by atoms with Crippen LogP contribution < -0.4 is 0 Å². The van der Waals surface area contributed by atoms with Gasteiger partial charge in [0.1, 0.15) is 5.52 Å². The summed E-state index contributed by atoms with van der Waals surface area (Å²) < 4.78 is 5.86. The average molecular weight is 374 g/mol. The number of amides is 2. The summed E-state index contributed by atoms with van der Waals surface area (Å²) in [6.07, 6.45) is 2.95. The van der Waals surface area contributed by atoms with E-state index in [0.717, 1.165) is 29.8 Å². The Kier molecular flexibility index (Phi) is 4.44. The lowest BCUT2D eigenvalue weighted by atomic mass is 9.93. The molecular weight excluding hydrogens is 354 g/mol. The van der Waals surface area contributed by atoms with Crippen molar-refractivity contribution in [3.8, 4) is 0 Å². The van der Waals surface area contributed by atoms with Crippen LogP contribution >= 0.6 is 11.6 Å². The number of benzene rings is 1. The van der Waals surface area contributed by atoms with Crippen molar-refractivity contribution in [2.75, 3.05) is 26.2 Å². The monoisotopic (exact) mass is 373 g/mol. The number of hydrogen-bond acceptors (Lipinski definition) is 4. The summed E-state index contributed by atoms with van der Waals surface area (Å²) in [5.74, 6) is 0.887. The van der Waals surface area contributed by atoms with Crippen molar-refractivity contribution in [1.82, 2.24) is 14.8 Å². The smallest absolute Gasteiger partial charge is 0.246 e. The summed E-state index contributed by atoms with van der Waals surface area (Å²) in [7, 11) is 0. The molecule has 136 valence electrons. The molecule has 0 unspecified atom stereocenters. The predicted octanol–water partition coefficient (Wildman–Crippen LogP) is 2.83. The number of hydrogen-bond donors (Lipinski definition) is 0. The number of fused-ring (bicyclic) bond motifs is 1. The van der Waals surface area contributed by atoms with Gasteiger partial charge < -0.3 is 14.2 Å². The Morgan fingerprint density at radius 1 is 1.23 bits per heavy atom. The highest BCUT2D eigenvalue weighted by atomic mass is 35.5. The quantitative estimate of drug-likeness (QED) is 0.776. The summed E-state index contributed by atoms with van der Waals surface area (Å²) >= 11 is 6.00. The van der Waals surface area contributed by atoms with Crippen molar-refractivity contribution in [1.29, 1.82) is 0 Å². The number of oxazole rings is 1. The molecule has 0 bridgehead atoms. The van der Waals surface area contributed by atoms with Gasteiger partial charge in [-0.05, 0) is 37.1 Å². The number of nitrogens with zero attached hydrogens (tertiary/aromatic N) is 3. The maximum atomic E-state index is 12.6. The maximum absolute atomic E-state index is 12.6. The van der Waals surface area contributed by atoms with E-state index in [1.807, 2.05) is 11.0 Å². The predicted molar refractivity (Wildman–Crippen MR) is 97.8 cm³/mol. The standard InChI is InChI=1S/C19H20ClN3O3/c1-2-17(24)23-10-13(11-23)19(25)22-7-5-12(6-8-22)18-21-15-9-14(20)3-4-16(15)26-18/h2-4,9,12-13H,1,5-8,10-11H2. The van der Waals surface area contributed by atoms with Gasteiger partial charge in [-0.2, -0.15) is 0 Å². The fourth-order valence-electron chi connectivity index (χ4n) is 3.64. The molecule has 2 fully saturated rings. The number of likely N-dealkylation sites (tertiary alicyclic amines) is 2. The number of halogens is 1. The second kappa shape index (κ2) is 6.76. The van der Waals surface area contributed by atoms with Gasteiger partial charge in [-0.1, -0.05) is 18.2 Å². The Morgan fingerprint density at radius 3 is 2.65 bits per heavy atom. The summed E-state index contributed by atoms with van der Waals surface area (Å²) in [6.45, 7) is 5.84. The van der Waals surface area contributed by atoms with Gasteiger partial charge in [-0.25, -0.2) is 4.98 Å². The highest BCUT2D eigenvalue weighted by Gasteiger charge is 2.38. The summed E-state index contributed by atoms with van der Waals surface area (Å²) in [5.41, 5.74) is 1.51. The molecule has 0 saturated carbocycles.